The van der Waals surface area contributed by atoms with Crippen molar-refractivity contribution in [3.05, 3.63) is 43.0 Å². The van der Waals surface area contributed by atoms with Crippen molar-refractivity contribution >= 4 is 17.4 Å². The second-order valence-corrected chi connectivity index (χ2v) is 4.57. The second-order valence-electron chi connectivity index (χ2n) is 2.99. The summed E-state index contributed by atoms with van der Waals surface area (Å²) in [6, 6.07) is 9.02. The summed E-state index contributed by atoms with van der Waals surface area (Å²) >= 11 is -1.29. The topological polar surface area (TPSA) is 67.7 Å². The van der Waals surface area contributed by atoms with Crippen molar-refractivity contribution < 1.29 is 9.76 Å². The number of hydrogen-bond donors (Lipinski definition) is 2. The summed E-state index contributed by atoms with van der Waals surface area (Å²) in [6.45, 7) is 4.05. The smallest absolute Gasteiger partial charge is 0.212 e. The molecule has 0 bridgehead atoms. The molecule has 1 aromatic rings. The monoisotopic (exact) mass is 238 g/mol. The predicted octanol–water partition coefficient (Wildman–Crippen LogP) is 1.36. The molecule has 0 heterocycles. The SMILES string of the molecule is C=CCNC(C=NO)[S+]([O-])c1ccccc1. The lowest BCUT2D eigenvalue weighted by molar-refractivity contribution is 0.320. The minimum atomic E-state index is -1.29. The fourth-order valence-corrected chi connectivity index (χ4v) is 2.28. The molecule has 1 aromatic carbocycles. The molecule has 2 unspecified atom stereocenters. The molecule has 0 aliphatic carbocycles. The van der Waals surface area contributed by atoms with Crippen LogP contribution in [0.25, 0.3) is 0 Å². The molecule has 0 saturated carbocycles. The lowest BCUT2D eigenvalue weighted by Gasteiger charge is -2.17. The molecule has 2 N–H and O–H groups in total. The van der Waals surface area contributed by atoms with Crippen LogP contribution in [0, 0.1) is 0 Å². The summed E-state index contributed by atoms with van der Waals surface area (Å²) in [6.07, 6.45) is 2.87. The highest BCUT2D eigenvalue weighted by Gasteiger charge is 2.21. The number of hydrogen-bond acceptors (Lipinski definition) is 4. The largest absolute Gasteiger partial charge is 0.610 e. The molecule has 0 amide bonds. The Morgan fingerprint density at radius 1 is 1.50 bits per heavy atom. The average molecular weight is 238 g/mol. The van der Waals surface area contributed by atoms with Crippen molar-refractivity contribution in [3.8, 4) is 0 Å². The van der Waals surface area contributed by atoms with Gasteiger partial charge in [0.25, 0.3) is 0 Å². The summed E-state index contributed by atoms with van der Waals surface area (Å²) in [7, 11) is 0. The van der Waals surface area contributed by atoms with Crippen LogP contribution in [0.5, 0.6) is 0 Å². The van der Waals surface area contributed by atoms with Crippen LogP contribution in [-0.2, 0) is 11.2 Å². The standard InChI is InChI=1S/C11H14N2O2S/c1-2-8-12-11(9-13-14)16(15)10-6-4-3-5-7-10/h2-7,9,11-12,14H,1,8H2. The molecule has 0 radical (unpaired) electrons. The van der Waals surface area contributed by atoms with Crippen LogP contribution in [-0.4, -0.2) is 27.9 Å². The number of oxime groups is 1. The van der Waals surface area contributed by atoms with E-state index in [4.69, 9.17) is 5.21 Å². The van der Waals surface area contributed by atoms with Crippen LogP contribution in [0.4, 0.5) is 0 Å². The van der Waals surface area contributed by atoms with Crippen molar-refractivity contribution in [1.82, 2.24) is 5.32 Å². The third-order valence-corrected chi connectivity index (χ3v) is 3.36. The van der Waals surface area contributed by atoms with Gasteiger partial charge in [-0.25, -0.2) is 0 Å². The molecular formula is C11H14N2O2S. The van der Waals surface area contributed by atoms with E-state index in [1.165, 1.54) is 6.21 Å². The van der Waals surface area contributed by atoms with Gasteiger partial charge in [0, 0.05) is 17.7 Å². The first-order valence-electron chi connectivity index (χ1n) is 4.77. The molecule has 2 atom stereocenters. The maximum Gasteiger partial charge on any atom is 0.212 e. The van der Waals surface area contributed by atoms with Gasteiger partial charge in [0.2, 0.25) is 5.37 Å². The van der Waals surface area contributed by atoms with Gasteiger partial charge in [-0.1, -0.05) is 29.4 Å². The number of nitrogens with zero attached hydrogens (tertiary/aromatic N) is 1. The van der Waals surface area contributed by atoms with Crippen molar-refractivity contribution in [2.24, 2.45) is 5.16 Å². The molecule has 0 aromatic heterocycles. The molecule has 1 rings (SSSR count). The molecule has 4 nitrogen and oxygen atoms in total. The molecule has 0 fully saturated rings. The van der Waals surface area contributed by atoms with Gasteiger partial charge < -0.3 is 9.76 Å². The van der Waals surface area contributed by atoms with E-state index < -0.39 is 16.5 Å². The van der Waals surface area contributed by atoms with E-state index in [1.807, 2.05) is 18.2 Å². The quantitative estimate of drug-likeness (QED) is 0.258. The Kier molecular flexibility index (Phi) is 5.63. The van der Waals surface area contributed by atoms with Crippen LogP contribution >= 0.6 is 0 Å². The van der Waals surface area contributed by atoms with Crippen molar-refractivity contribution in [3.63, 3.8) is 0 Å². The normalized spacial score (nSPS) is 14.8. The molecule has 0 spiro atoms. The summed E-state index contributed by atoms with van der Waals surface area (Å²) in [4.78, 5) is 0.684. The molecule has 0 saturated heterocycles. The molecule has 16 heavy (non-hydrogen) atoms. The molecule has 86 valence electrons. The zero-order valence-electron chi connectivity index (χ0n) is 8.74. The minimum absolute atomic E-state index is 0.495. The van der Waals surface area contributed by atoms with Crippen LogP contribution in [0.1, 0.15) is 0 Å². The van der Waals surface area contributed by atoms with Gasteiger partial charge in [-0.05, 0) is 12.1 Å². The van der Waals surface area contributed by atoms with E-state index in [0.717, 1.165) is 0 Å². The summed E-state index contributed by atoms with van der Waals surface area (Å²) < 4.78 is 12.1. The lowest BCUT2D eigenvalue weighted by Crippen LogP contribution is -2.38. The highest BCUT2D eigenvalue weighted by Crippen LogP contribution is 2.13. The van der Waals surface area contributed by atoms with E-state index in [9.17, 15) is 4.55 Å². The molecule has 0 aliphatic heterocycles. The molecule has 5 heteroatoms. The first-order chi connectivity index (χ1) is 7.79. The first kappa shape index (κ1) is 12.8. The van der Waals surface area contributed by atoms with E-state index in [-0.39, 0.29) is 0 Å². The summed E-state index contributed by atoms with van der Waals surface area (Å²) in [5, 5.41) is 13.8. The third kappa shape index (κ3) is 3.69. The first-order valence-corrected chi connectivity index (χ1v) is 5.98. The van der Waals surface area contributed by atoms with Gasteiger partial charge >= 0.3 is 0 Å². The van der Waals surface area contributed by atoms with Gasteiger partial charge in [-0.15, -0.1) is 6.58 Å². The number of rotatable bonds is 6. The highest BCUT2D eigenvalue weighted by atomic mass is 32.2. The van der Waals surface area contributed by atoms with E-state index in [0.29, 0.717) is 11.4 Å². The molecular weight excluding hydrogens is 224 g/mol. The Balaban J connectivity index is 2.74. The van der Waals surface area contributed by atoms with Gasteiger partial charge in [0.15, 0.2) is 4.90 Å². The maximum absolute atomic E-state index is 12.1. The summed E-state index contributed by atoms with van der Waals surface area (Å²) in [5.41, 5.74) is 0. The van der Waals surface area contributed by atoms with Crippen molar-refractivity contribution in [2.75, 3.05) is 6.54 Å². The zero-order chi connectivity index (χ0) is 11.8. The number of nitrogens with one attached hydrogen (secondary N) is 1. The van der Waals surface area contributed by atoms with Crippen LogP contribution in [0.2, 0.25) is 0 Å². The Morgan fingerprint density at radius 3 is 2.75 bits per heavy atom. The minimum Gasteiger partial charge on any atom is -0.610 e. The van der Waals surface area contributed by atoms with Crippen LogP contribution in [0.3, 0.4) is 0 Å². The fraction of sp³-hybridized carbons (Fsp3) is 0.182. The Morgan fingerprint density at radius 2 is 2.19 bits per heavy atom. The van der Waals surface area contributed by atoms with E-state index in [2.05, 4.69) is 17.1 Å². The Bertz CT molecular complexity index is 343. The average Bonchev–Trinajstić information content (AvgIpc) is 2.35. The third-order valence-electron chi connectivity index (χ3n) is 1.87. The highest BCUT2D eigenvalue weighted by molar-refractivity contribution is 7.92. The second kappa shape index (κ2) is 7.05. The maximum atomic E-state index is 12.1. The Labute approximate surface area is 97.9 Å². The van der Waals surface area contributed by atoms with E-state index in [1.54, 1.807) is 18.2 Å². The summed E-state index contributed by atoms with van der Waals surface area (Å²) in [5.74, 6) is 0. The predicted molar refractivity (Wildman–Crippen MR) is 65.1 cm³/mol. The van der Waals surface area contributed by atoms with Crippen molar-refractivity contribution in [2.45, 2.75) is 10.3 Å². The van der Waals surface area contributed by atoms with Gasteiger partial charge in [-0.3, -0.25) is 5.32 Å². The van der Waals surface area contributed by atoms with Gasteiger partial charge in [0.1, 0.15) is 6.21 Å². The number of benzene rings is 1. The molecule has 0 aliphatic rings. The van der Waals surface area contributed by atoms with Crippen molar-refractivity contribution in [1.29, 1.82) is 0 Å². The van der Waals surface area contributed by atoms with Gasteiger partial charge in [-0.2, -0.15) is 0 Å². The van der Waals surface area contributed by atoms with E-state index >= 15 is 0 Å². The lowest BCUT2D eigenvalue weighted by atomic mass is 10.4. The fourth-order valence-electron chi connectivity index (χ4n) is 1.14. The van der Waals surface area contributed by atoms with Crippen LogP contribution in [0.15, 0.2) is 53.0 Å². The van der Waals surface area contributed by atoms with Gasteiger partial charge in [0.05, 0.1) is 0 Å². The Hall–Kier alpha value is -1.30. The van der Waals surface area contributed by atoms with Crippen LogP contribution < -0.4 is 5.32 Å². The zero-order valence-corrected chi connectivity index (χ0v) is 9.56.